The molecular formula is C13H20N2O3. The zero-order valence-corrected chi connectivity index (χ0v) is 10.9. The van der Waals surface area contributed by atoms with Gasteiger partial charge in [0.1, 0.15) is 0 Å². The molecular weight excluding hydrogens is 232 g/mol. The molecule has 0 spiro atoms. The second-order valence-electron chi connectivity index (χ2n) is 4.41. The Balaban J connectivity index is 2.37. The van der Waals surface area contributed by atoms with Crippen molar-refractivity contribution in [2.75, 3.05) is 39.6 Å². The lowest BCUT2D eigenvalue weighted by molar-refractivity contribution is 0.184. The summed E-state index contributed by atoms with van der Waals surface area (Å²) in [7, 11) is 3.21. The maximum Gasteiger partial charge on any atom is 0.184 e. The van der Waals surface area contributed by atoms with Crippen LogP contribution in [0.25, 0.3) is 0 Å². The highest BCUT2D eigenvalue weighted by molar-refractivity contribution is 5.68. The summed E-state index contributed by atoms with van der Waals surface area (Å²) in [6.07, 6.45) is 0.877. The Kier molecular flexibility index (Phi) is 3.93. The number of methoxy groups -OCH3 is 2. The smallest absolute Gasteiger partial charge is 0.184 e. The number of aliphatic hydroxyl groups is 1. The van der Waals surface area contributed by atoms with Gasteiger partial charge in [-0.1, -0.05) is 0 Å². The first-order chi connectivity index (χ1) is 8.71. The van der Waals surface area contributed by atoms with Crippen molar-refractivity contribution in [2.24, 2.45) is 0 Å². The average molecular weight is 252 g/mol. The normalized spacial score (nSPS) is 15.3. The number of nitrogen functional groups attached to an aromatic ring is 1. The first-order valence-corrected chi connectivity index (χ1v) is 6.06. The lowest BCUT2D eigenvalue weighted by Gasteiger charge is -2.30. The minimum atomic E-state index is 0.179. The van der Waals surface area contributed by atoms with E-state index in [9.17, 15) is 0 Å². The molecule has 0 amide bonds. The maximum atomic E-state index is 8.99. The molecule has 1 aliphatic heterocycles. The van der Waals surface area contributed by atoms with Gasteiger partial charge in [-0.3, -0.25) is 4.90 Å². The van der Waals surface area contributed by atoms with Crippen molar-refractivity contribution >= 4 is 5.69 Å². The average Bonchev–Trinajstić information content (AvgIpc) is 2.38. The number of nitrogens with zero attached hydrogens (tertiary/aromatic N) is 1. The molecule has 0 unspecified atom stereocenters. The summed E-state index contributed by atoms with van der Waals surface area (Å²) < 4.78 is 10.6. The molecule has 100 valence electrons. The third kappa shape index (κ3) is 2.23. The number of anilines is 1. The number of aliphatic hydroxyl groups excluding tert-OH is 1. The third-order valence-corrected chi connectivity index (χ3v) is 3.40. The SMILES string of the molecule is COc1cc2c(c(N)c1OC)CCN(CCO)C2. The second kappa shape index (κ2) is 5.46. The predicted molar refractivity (Wildman–Crippen MR) is 70.0 cm³/mol. The Labute approximate surface area is 107 Å². The predicted octanol–water partition coefficient (Wildman–Crippen LogP) is 0.636. The van der Waals surface area contributed by atoms with Crippen LogP contribution in [0.15, 0.2) is 6.07 Å². The van der Waals surface area contributed by atoms with E-state index in [1.165, 1.54) is 0 Å². The molecule has 0 bridgehead atoms. The van der Waals surface area contributed by atoms with E-state index in [-0.39, 0.29) is 6.61 Å². The van der Waals surface area contributed by atoms with Crippen LogP contribution in [0, 0.1) is 0 Å². The molecule has 0 radical (unpaired) electrons. The van der Waals surface area contributed by atoms with E-state index in [1.54, 1.807) is 14.2 Å². The van der Waals surface area contributed by atoms with Crippen molar-refractivity contribution in [3.05, 3.63) is 17.2 Å². The number of fused-ring (bicyclic) bond motifs is 1. The highest BCUT2D eigenvalue weighted by Gasteiger charge is 2.22. The standard InChI is InChI=1S/C13H20N2O3/c1-17-11-7-9-8-15(5-6-16)4-3-10(9)12(14)13(11)18-2/h7,16H,3-6,8,14H2,1-2H3. The van der Waals surface area contributed by atoms with Crippen LogP contribution in [0.4, 0.5) is 5.69 Å². The van der Waals surface area contributed by atoms with Crippen molar-refractivity contribution in [3.63, 3.8) is 0 Å². The number of rotatable bonds is 4. The summed E-state index contributed by atoms with van der Waals surface area (Å²) in [6.45, 7) is 2.57. The molecule has 1 aromatic carbocycles. The fraction of sp³-hybridized carbons (Fsp3) is 0.538. The highest BCUT2D eigenvalue weighted by atomic mass is 16.5. The molecule has 0 atom stereocenters. The molecule has 1 aliphatic rings. The molecule has 3 N–H and O–H groups in total. The van der Waals surface area contributed by atoms with Gasteiger partial charge in [-0.05, 0) is 23.6 Å². The molecule has 0 fully saturated rings. The van der Waals surface area contributed by atoms with E-state index in [4.69, 9.17) is 20.3 Å². The minimum absolute atomic E-state index is 0.179. The number of hydrogen-bond acceptors (Lipinski definition) is 5. The van der Waals surface area contributed by atoms with Crippen LogP contribution in [0.2, 0.25) is 0 Å². The molecule has 5 heteroatoms. The Morgan fingerprint density at radius 2 is 2.17 bits per heavy atom. The van der Waals surface area contributed by atoms with Crippen LogP contribution in [-0.4, -0.2) is 43.9 Å². The Hall–Kier alpha value is -1.46. The van der Waals surface area contributed by atoms with Crippen molar-refractivity contribution in [1.29, 1.82) is 0 Å². The van der Waals surface area contributed by atoms with Gasteiger partial charge >= 0.3 is 0 Å². The summed E-state index contributed by atoms with van der Waals surface area (Å²) in [6, 6.07) is 1.98. The second-order valence-corrected chi connectivity index (χ2v) is 4.41. The van der Waals surface area contributed by atoms with Crippen molar-refractivity contribution in [3.8, 4) is 11.5 Å². The van der Waals surface area contributed by atoms with Crippen LogP contribution in [0.1, 0.15) is 11.1 Å². The zero-order valence-electron chi connectivity index (χ0n) is 10.9. The number of β-amino-alcohol motifs (C(OH)–C–C–N with tert-alkyl or cyclic N) is 1. The zero-order chi connectivity index (χ0) is 13.1. The number of benzene rings is 1. The van der Waals surface area contributed by atoms with Gasteiger partial charge in [0.05, 0.1) is 26.5 Å². The topological polar surface area (TPSA) is 68.0 Å². The fourth-order valence-corrected chi connectivity index (χ4v) is 2.47. The molecule has 1 heterocycles. The monoisotopic (exact) mass is 252 g/mol. The van der Waals surface area contributed by atoms with Crippen molar-refractivity contribution in [1.82, 2.24) is 4.90 Å². The van der Waals surface area contributed by atoms with Gasteiger partial charge in [-0.25, -0.2) is 0 Å². The van der Waals surface area contributed by atoms with Crippen molar-refractivity contribution < 1.29 is 14.6 Å². The first-order valence-electron chi connectivity index (χ1n) is 6.06. The van der Waals surface area contributed by atoms with E-state index in [0.29, 0.717) is 23.7 Å². The van der Waals surface area contributed by atoms with Gasteiger partial charge in [0, 0.05) is 19.6 Å². The molecule has 2 rings (SSSR count). The molecule has 5 nitrogen and oxygen atoms in total. The lowest BCUT2D eigenvalue weighted by atomic mass is 9.96. The third-order valence-electron chi connectivity index (χ3n) is 3.40. The Morgan fingerprint density at radius 1 is 1.39 bits per heavy atom. The van der Waals surface area contributed by atoms with Gasteiger partial charge in [0.2, 0.25) is 0 Å². The number of ether oxygens (including phenoxy) is 2. The van der Waals surface area contributed by atoms with E-state index in [2.05, 4.69) is 4.90 Å². The quantitative estimate of drug-likeness (QED) is 0.770. The van der Waals surface area contributed by atoms with Gasteiger partial charge < -0.3 is 20.3 Å². The van der Waals surface area contributed by atoms with Crippen LogP contribution in [-0.2, 0) is 13.0 Å². The molecule has 1 aromatic rings. The Bertz CT molecular complexity index is 435. The van der Waals surface area contributed by atoms with Gasteiger partial charge in [-0.15, -0.1) is 0 Å². The molecule has 0 aliphatic carbocycles. The van der Waals surface area contributed by atoms with Crippen LogP contribution in [0.5, 0.6) is 11.5 Å². The van der Waals surface area contributed by atoms with Crippen LogP contribution < -0.4 is 15.2 Å². The lowest BCUT2D eigenvalue weighted by Crippen LogP contribution is -2.33. The number of hydrogen-bond donors (Lipinski definition) is 2. The van der Waals surface area contributed by atoms with E-state index in [1.807, 2.05) is 6.07 Å². The van der Waals surface area contributed by atoms with Crippen LogP contribution in [0.3, 0.4) is 0 Å². The number of nitrogens with two attached hydrogens (primary N) is 1. The summed E-state index contributed by atoms with van der Waals surface area (Å²) in [5.41, 5.74) is 9.11. The first kappa shape index (κ1) is 13.0. The summed E-state index contributed by atoms with van der Waals surface area (Å²) in [4.78, 5) is 2.20. The highest BCUT2D eigenvalue weighted by Crippen LogP contribution is 2.40. The van der Waals surface area contributed by atoms with Gasteiger partial charge in [0.25, 0.3) is 0 Å². The van der Waals surface area contributed by atoms with Crippen LogP contribution >= 0.6 is 0 Å². The summed E-state index contributed by atoms with van der Waals surface area (Å²) >= 11 is 0. The molecule has 0 saturated carbocycles. The van der Waals surface area contributed by atoms with Gasteiger partial charge in [0.15, 0.2) is 11.5 Å². The Morgan fingerprint density at radius 3 is 2.78 bits per heavy atom. The summed E-state index contributed by atoms with van der Waals surface area (Å²) in [5.74, 6) is 1.28. The summed E-state index contributed by atoms with van der Waals surface area (Å²) in [5, 5.41) is 8.99. The fourth-order valence-electron chi connectivity index (χ4n) is 2.47. The minimum Gasteiger partial charge on any atom is -0.493 e. The molecule has 0 saturated heterocycles. The molecule has 0 aromatic heterocycles. The van der Waals surface area contributed by atoms with Gasteiger partial charge in [-0.2, -0.15) is 0 Å². The maximum absolute atomic E-state index is 8.99. The van der Waals surface area contributed by atoms with E-state index >= 15 is 0 Å². The van der Waals surface area contributed by atoms with Crippen molar-refractivity contribution in [2.45, 2.75) is 13.0 Å². The molecule has 18 heavy (non-hydrogen) atoms. The van der Waals surface area contributed by atoms with E-state index < -0.39 is 0 Å². The van der Waals surface area contributed by atoms with E-state index in [0.717, 1.165) is 30.6 Å². The largest absolute Gasteiger partial charge is 0.493 e.